The monoisotopic (exact) mass is 296 g/mol. The molecule has 4 heteroatoms. The third-order valence-electron chi connectivity index (χ3n) is 3.86. The van der Waals surface area contributed by atoms with E-state index in [-0.39, 0.29) is 11.9 Å². The summed E-state index contributed by atoms with van der Waals surface area (Å²) in [5.41, 5.74) is 2.27. The van der Waals surface area contributed by atoms with Crippen LogP contribution < -0.4 is 0 Å². The summed E-state index contributed by atoms with van der Waals surface area (Å²) in [5.74, 6) is 2.69. The van der Waals surface area contributed by atoms with Crippen LogP contribution in [0.25, 0.3) is 0 Å². The standard InChI is InChI=1S/C16H28O3Si/c1-15(17,10-11-20(2,3)4)12-14-13-18-16(19-14)8-6-5-7-9-16/h14,17H,5-9,12-13H2,1-4H3/t14-,15-/m0/s1. The van der Waals surface area contributed by atoms with Crippen molar-refractivity contribution in [2.24, 2.45) is 0 Å². The van der Waals surface area contributed by atoms with Gasteiger partial charge in [0.2, 0.25) is 0 Å². The molecule has 0 aromatic heterocycles. The van der Waals surface area contributed by atoms with Crippen molar-refractivity contribution in [3.8, 4) is 11.5 Å². The lowest BCUT2D eigenvalue weighted by Gasteiger charge is -2.32. The molecule has 0 bridgehead atoms. The van der Waals surface area contributed by atoms with Crippen LogP contribution in [-0.4, -0.2) is 37.3 Å². The second kappa shape index (κ2) is 5.80. The molecule has 2 aliphatic rings. The van der Waals surface area contributed by atoms with Gasteiger partial charge in [-0.2, -0.15) is 0 Å². The van der Waals surface area contributed by atoms with Gasteiger partial charge in [-0.25, -0.2) is 0 Å². The molecule has 0 aromatic rings. The average Bonchev–Trinajstić information content (AvgIpc) is 2.69. The van der Waals surface area contributed by atoms with Gasteiger partial charge in [-0.1, -0.05) is 32.0 Å². The zero-order valence-electron chi connectivity index (χ0n) is 13.3. The van der Waals surface area contributed by atoms with E-state index in [1.807, 2.05) is 0 Å². The van der Waals surface area contributed by atoms with Crippen molar-refractivity contribution in [2.45, 2.75) is 82.6 Å². The Hall–Kier alpha value is -0.343. The highest BCUT2D eigenvalue weighted by Crippen LogP contribution is 2.39. The normalized spacial score (nSPS) is 28.8. The number of ether oxygens (including phenoxy) is 2. The molecule has 0 radical (unpaired) electrons. The minimum Gasteiger partial charge on any atom is -0.378 e. The van der Waals surface area contributed by atoms with E-state index >= 15 is 0 Å². The van der Waals surface area contributed by atoms with Gasteiger partial charge in [-0.05, 0) is 19.8 Å². The summed E-state index contributed by atoms with van der Waals surface area (Å²) in [6, 6.07) is 0. The van der Waals surface area contributed by atoms with Crippen LogP contribution >= 0.6 is 0 Å². The largest absolute Gasteiger partial charge is 0.378 e. The van der Waals surface area contributed by atoms with Gasteiger partial charge in [0.1, 0.15) is 13.7 Å². The van der Waals surface area contributed by atoms with Gasteiger partial charge in [0.15, 0.2) is 5.79 Å². The smallest absolute Gasteiger partial charge is 0.168 e. The van der Waals surface area contributed by atoms with Gasteiger partial charge in [-0.3, -0.25) is 0 Å². The van der Waals surface area contributed by atoms with E-state index in [1.165, 1.54) is 19.3 Å². The van der Waals surface area contributed by atoms with E-state index in [1.54, 1.807) is 6.92 Å². The van der Waals surface area contributed by atoms with Gasteiger partial charge in [-0.15, -0.1) is 5.54 Å². The van der Waals surface area contributed by atoms with Gasteiger partial charge in [0.25, 0.3) is 0 Å². The lowest BCUT2D eigenvalue weighted by Crippen LogP contribution is -2.35. The molecule has 2 rings (SSSR count). The molecular formula is C16H28O3Si. The van der Waals surface area contributed by atoms with Crippen LogP contribution in [0.3, 0.4) is 0 Å². The highest BCUT2D eigenvalue weighted by atomic mass is 28.3. The maximum Gasteiger partial charge on any atom is 0.168 e. The topological polar surface area (TPSA) is 38.7 Å². The maximum atomic E-state index is 10.4. The summed E-state index contributed by atoms with van der Waals surface area (Å²) in [7, 11) is -1.45. The molecule has 1 saturated heterocycles. The lowest BCUT2D eigenvalue weighted by molar-refractivity contribution is -0.189. The van der Waals surface area contributed by atoms with Crippen molar-refractivity contribution in [3.63, 3.8) is 0 Å². The van der Waals surface area contributed by atoms with Crippen LogP contribution in [0, 0.1) is 11.5 Å². The summed E-state index contributed by atoms with van der Waals surface area (Å²) >= 11 is 0. The number of rotatable bonds is 2. The fraction of sp³-hybridized carbons (Fsp3) is 0.875. The predicted molar refractivity (Wildman–Crippen MR) is 83.0 cm³/mol. The van der Waals surface area contributed by atoms with Crippen LogP contribution in [0.15, 0.2) is 0 Å². The molecule has 2 atom stereocenters. The van der Waals surface area contributed by atoms with Crippen LogP contribution in [0.5, 0.6) is 0 Å². The molecule has 2 fully saturated rings. The van der Waals surface area contributed by atoms with Gasteiger partial charge in [0, 0.05) is 19.3 Å². The summed E-state index contributed by atoms with van der Waals surface area (Å²) in [6.07, 6.45) is 6.12. The Morgan fingerprint density at radius 3 is 2.50 bits per heavy atom. The van der Waals surface area contributed by atoms with Crippen LogP contribution in [-0.2, 0) is 9.47 Å². The van der Waals surface area contributed by atoms with E-state index in [0.29, 0.717) is 13.0 Å². The minimum atomic E-state index is -1.45. The molecule has 3 nitrogen and oxygen atoms in total. The first-order valence-corrected chi connectivity index (χ1v) is 11.3. The van der Waals surface area contributed by atoms with E-state index in [4.69, 9.17) is 9.47 Å². The third-order valence-corrected chi connectivity index (χ3v) is 4.74. The molecule has 0 amide bonds. The van der Waals surface area contributed by atoms with Crippen LogP contribution in [0.4, 0.5) is 0 Å². The molecule has 1 heterocycles. The van der Waals surface area contributed by atoms with Gasteiger partial charge < -0.3 is 14.6 Å². The second-order valence-electron chi connectivity index (χ2n) is 7.50. The summed E-state index contributed by atoms with van der Waals surface area (Å²) in [6.45, 7) is 8.92. The number of hydrogen-bond donors (Lipinski definition) is 1. The van der Waals surface area contributed by atoms with E-state index in [0.717, 1.165) is 12.8 Å². The molecular weight excluding hydrogens is 268 g/mol. The first-order valence-electron chi connectivity index (χ1n) is 7.78. The minimum absolute atomic E-state index is 0.0287. The Kier molecular flexibility index (Phi) is 4.65. The van der Waals surface area contributed by atoms with Crippen molar-refractivity contribution in [2.75, 3.05) is 6.61 Å². The molecule has 0 unspecified atom stereocenters. The lowest BCUT2D eigenvalue weighted by atomic mass is 9.94. The van der Waals surface area contributed by atoms with Crippen LogP contribution in [0.2, 0.25) is 19.6 Å². The quantitative estimate of drug-likeness (QED) is 0.628. The molecule has 20 heavy (non-hydrogen) atoms. The second-order valence-corrected chi connectivity index (χ2v) is 12.3. The van der Waals surface area contributed by atoms with Crippen molar-refractivity contribution in [1.82, 2.24) is 0 Å². The van der Waals surface area contributed by atoms with Crippen molar-refractivity contribution >= 4 is 8.07 Å². The SMILES string of the molecule is C[C@](O)(C#C[Si](C)(C)C)C[C@H]1COC2(CCCCC2)O1. The molecule has 1 aliphatic heterocycles. The Labute approximate surface area is 124 Å². The first kappa shape index (κ1) is 16.0. The summed E-state index contributed by atoms with van der Waals surface area (Å²) in [4.78, 5) is 0. The summed E-state index contributed by atoms with van der Waals surface area (Å²) < 4.78 is 12.0. The molecule has 1 aliphatic carbocycles. The molecule has 1 spiro atoms. The molecule has 1 saturated carbocycles. The fourth-order valence-corrected chi connectivity index (χ4v) is 3.53. The third kappa shape index (κ3) is 4.59. The van der Waals surface area contributed by atoms with Gasteiger partial charge in [0.05, 0.1) is 12.7 Å². The van der Waals surface area contributed by atoms with Crippen molar-refractivity contribution in [3.05, 3.63) is 0 Å². The van der Waals surface area contributed by atoms with E-state index in [9.17, 15) is 5.11 Å². The fourth-order valence-electron chi connectivity index (χ4n) is 2.89. The van der Waals surface area contributed by atoms with Crippen molar-refractivity contribution < 1.29 is 14.6 Å². The predicted octanol–water partition coefficient (Wildman–Crippen LogP) is 3.08. The Bertz CT molecular complexity index is 394. The number of aliphatic hydroxyl groups is 1. The molecule has 114 valence electrons. The zero-order valence-corrected chi connectivity index (χ0v) is 14.3. The average molecular weight is 296 g/mol. The molecule has 1 N–H and O–H groups in total. The van der Waals surface area contributed by atoms with Crippen molar-refractivity contribution in [1.29, 1.82) is 0 Å². The Morgan fingerprint density at radius 1 is 1.25 bits per heavy atom. The van der Waals surface area contributed by atoms with E-state index < -0.39 is 13.7 Å². The molecule has 0 aromatic carbocycles. The van der Waals surface area contributed by atoms with Gasteiger partial charge >= 0.3 is 0 Å². The van der Waals surface area contributed by atoms with Crippen LogP contribution in [0.1, 0.15) is 45.4 Å². The first-order chi connectivity index (χ1) is 9.20. The Balaban J connectivity index is 1.92. The summed E-state index contributed by atoms with van der Waals surface area (Å²) in [5, 5.41) is 10.4. The number of hydrogen-bond acceptors (Lipinski definition) is 3. The zero-order chi connectivity index (χ0) is 14.9. The Morgan fingerprint density at radius 2 is 1.90 bits per heavy atom. The highest BCUT2D eigenvalue weighted by molar-refractivity contribution is 6.83. The maximum absolute atomic E-state index is 10.4. The van der Waals surface area contributed by atoms with E-state index in [2.05, 4.69) is 31.1 Å². The highest BCUT2D eigenvalue weighted by Gasteiger charge is 2.43.